The summed E-state index contributed by atoms with van der Waals surface area (Å²) in [5, 5.41) is 2.54. The minimum absolute atomic E-state index is 0.0907. The number of hydrogen-bond donors (Lipinski definition) is 1. The van der Waals surface area contributed by atoms with E-state index in [9.17, 15) is 29.0 Å². The number of anilines is 2. The zero-order chi connectivity index (χ0) is 32.1. The van der Waals surface area contributed by atoms with Crippen molar-refractivity contribution >= 4 is 50.5 Å². The molecular formula is C29H25F6N5O2S2. The highest BCUT2D eigenvalue weighted by Gasteiger charge is 2.65. The Hall–Kier alpha value is -4.24. The second-order valence-corrected chi connectivity index (χ2v) is 13.7. The summed E-state index contributed by atoms with van der Waals surface area (Å²) in [6.07, 6.45) is 2.62. The van der Waals surface area contributed by atoms with E-state index in [0.717, 1.165) is 41.1 Å². The van der Waals surface area contributed by atoms with Crippen LogP contribution in [0.1, 0.15) is 30.9 Å². The van der Waals surface area contributed by atoms with Gasteiger partial charge in [-0.25, -0.2) is 14.2 Å². The number of imidazole rings is 1. The van der Waals surface area contributed by atoms with Gasteiger partial charge in [-0.2, -0.15) is 4.99 Å². The van der Waals surface area contributed by atoms with Gasteiger partial charge in [-0.15, -0.1) is 0 Å². The highest BCUT2D eigenvalue weighted by Crippen LogP contribution is 3.02. The van der Waals surface area contributed by atoms with Crippen molar-refractivity contribution in [2.24, 2.45) is 4.99 Å². The fraction of sp³-hybridized carbons (Fsp3) is 0.172. The van der Waals surface area contributed by atoms with E-state index in [1.807, 2.05) is 39.0 Å². The molecule has 0 aliphatic carbocycles. The normalized spacial score (nSPS) is 16.4. The summed E-state index contributed by atoms with van der Waals surface area (Å²) in [4.78, 5) is 33.1. The van der Waals surface area contributed by atoms with Gasteiger partial charge >= 0.3 is 16.3 Å². The number of aromatic nitrogens is 2. The number of carbonyl (C=O) groups is 2. The molecule has 0 saturated carbocycles. The van der Waals surface area contributed by atoms with Gasteiger partial charge < -0.3 is 9.88 Å². The van der Waals surface area contributed by atoms with Crippen LogP contribution in [0.5, 0.6) is 0 Å². The van der Waals surface area contributed by atoms with Crippen LogP contribution in [0.4, 0.5) is 40.0 Å². The molecule has 44 heavy (non-hydrogen) atoms. The first kappa shape index (κ1) is 31.2. The molecule has 232 valence electrons. The minimum atomic E-state index is -9.81. The number of hydrogen-bond acceptors (Lipinski definition) is 4. The zero-order valence-corrected chi connectivity index (χ0v) is 25.0. The molecule has 3 amide bonds. The third kappa shape index (κ3) is 6.63. The van der Waals surface area contributed by atoms with Crippen LogP contribution in [0.25, 0.3) is 16.9 Å². The Morgan fingerprint density at radius 1 is 1.02 bits per heavy atom. The van der Waals surface area contributed by atoms with Gasteiger partial charge in [0.05, 0.1) is 29.1 Å². The number of amides is 3. The van der Waals surface area contributed by atoms with E-state index in [4.69, 9.17) is 0 Å². The van der Waals surface area contributed by atoms with Gasteiger partial charge in [0.1, 0.15) is 10.7 Å². The Morgan fingerprint density at radius 3 is 2.36 bits per heavy atom. The maximum Gasteiger partial charge on any atom is 0.347 e. The predicted molar refractivity (Wildman–Crippen MR) is 162 cm³/mol. The van der Waals surface area contributed by atoms with Crippen molar-refractivity contribution < 1.29 is 33.4 Å². The molecule has 0 spiro atoms. The quantitative estimate of drug-likeness (QED) is 0.210. The molecule has 7 nitrogen and oxygen atoms in total. The number of nitrogens with one attached hydrogen (secondary N) is 1. The first-order valence-corrected chi connectivity index (χ1v) is 16.0. The topological polar surface area (TPSA) is 79.6 Å². The average molecular weight is 654 g/mol. The first-order valence-electron chi connectivity index (χ1n) is 13.0. The van der Waals surface area contributed by atoms with Crippen LogP contribution < -0.4 is 10.2 Å². The standard InChI is InChI=1S/C29H25F6N5O2S2/c1-17(2)22-10-4-18(3)12-26(22)40-27(41)15-43-29(40)38-28(42)37-24-11-5-19(13-23(24)30)25-14-39(16-36-25)20-6-8-21(9-7-20)44(31,32,33,34)35/h4-14,16-17H,15H2,1-3H3,(H,37,42)/b38-29-. The SMILES string of the molecule is Cc1ccc(C(C)C)c(N2C(=O)CS/C2=N\C(=O)Nc2ccc(-c3cn(-c4ccc(S(F)(F)(F)(F)F)cc4)cn3)cc2F)c1. The number of aliphatic imine (C=N–C) groups is 1. The molecule has 1 aliphatic rings. The van der Waals surface area contributed by atoms with Crippen molar-refractivity contribution in [3.63, 3.8) is 0 Å². The Bertz CT molecular complexity index is 1820. The molecule has 2 heterocycles. The van der Waals surface area contributed by atoms with Crippen molar-refractivity contribution in [1.82, 2.24) is 9.55 Å². The van der Waals surface area contributed by atoms with Crippen LogP contribution in [0.15, 0.2) is 83.1 Å². The van der Waals surface area contributed by atoms with Gasteiger partial charge in [-0.1, -0.05) is 63.2 Å². The van der Waals surface area contributed by atoms with E-state index in [0.29, 0.717) is 17.8 Å². The minimum Gasteiger partial charge on any atom is -0.306 e. The lowest BCUT2D eigenvalue weighted by Gasteiger charge is -2.40. The molecule has 3 aromatic carbocycles. The summed E-state index contributed by atoms with van der Waals surface area (Å²) < 4.78 is 81.4. The second kappa shape index (κ2) is 10.4. The highest BCUT2D eigenvalue weighted by molar-refractivity contribution is 8.45. The number of nitrogens with zero attached hydrogens (tertiary/aromatic N) is 4. The van der Waals surface area contributed by atoms with Crippen molar-refractivity contribution in [2.45, 2.75) is 31.6 Å². The molecular weight excluding hydrogens is 628 g/mol. The molecule has 5 rings (SSSR count). The third-order valence-electron chi connectivity index (χ3n) is 6.68. The van der Waals surface area contributed by atoms with Crippen molar-refractivity contribution in [1.29, 1.82) is 0 Å². The maximum atomic E-state index is 15.0. The number of carbonyl (C=O) groups excluding carboxylic acids is 2. The fourth-order valence-corrected chi connectivity index (χ4v) is 6.02. The van der Waals surface area contributed by atoms with Gasteiger partial charge in [-0.3, -0.25) is 9.69 Å². The maximum absolute atomic E-state index is 15.0. The van der Waals surface area contributed by atoms with Gasteiger partial charge in [-0.05, 0) is 66.4 Å². The molecule has 1 fully saturated rings. The van der Waals surface area contributed by atoms with Gasteiger partial charge in [0.25, 0.3) is 0 Å². The average Bonchev–Trinajstić information content (AvgIpc) is 3.55. The first-order chi connectivity index (χ1) is 20.4. The number of amidine groups is 1. The largest absolute Gasteiger partial charge is 0.347 e. The van der Waals surface area contributed by atoms with E-state index in [1.165, 1.54) is 34.1 Å². The summed E-state index contributed by atoms with van der Waals surface area (Å²) in [6, 6.07) is 11.0. The smallest absolute Gasteiger partial charge is 0.306 e. The Kier molecular flexibility index (Phi) is 7.40. The monoisotopic (exact) mass is 653 g/mol. The lowest BCUT2D eigenvalue weighted by molar-refractivity contribution is -0.115. The summed E-state index contributed by atoms with van der Waals surface area (Å²) in [6.45, 7) is 5.86. The molecule has 4 aromatic rings. The summed E-state index contributed by atoms with van der Waals surface area (Å²) in [7, 11) is -9.81. The molecule has 0 atom stereocenters. The molecule has 0 radical (unpaired) electrons. The Balaban J connectivity index is 1.33. The van der Waals surface area contributed by atoms with E-state index in [-0.39, 0.29) is 45.4 Å². The third-order valence-corrected chi connectivity index (χ3v) is 8.77. The van der Waals surface area contributed by atoms with E-state index >= 15 is 4.39 Å². The predicted octanol–water partition coefficient (Wildman–Crippen LogP) is 9.44. The molecule has 1 saturated heterocycles. The van der Waals surface area contributed by atoms with Gasteiger partial charge in [0, 0.05) is 17.4 Å². The van der Waals surface area contributed by atoms with Crippen LogP contribution in [0.2, 0.25) is 0 Å². The fourth-order valence-electron chi connectivity index (χ4n) is 4.51. The van der Waals surface area contributed by atoms with Crippen LogP contribution in [0.3, 0.4) is 0 Å². The van der Waals surface area contributed by atoms with Crippen molar-refractivity contribution in [3.05, 3.63) is 90.1 Å². The number of urea groups is 1. The van der Waals surface area contributed by atoms with Crippen molar-refractivity contribution in [2.75, 3.05) is 16.0 Å². The van der Waals surface area contributed by atoms with E-state index in [2.05, 4.69) is 15.3 Å². The van der Waals surface area contributed by atoms with E-state index < -0.39 is 27.0 Å². The number of aryl methyl sites for hydroxylation is 1. The van der Waals surface area contributed by atoms with Gasteiger partial charge in [0.2, 0.25) is 5.91 Å². The molecule has 0 bridgehead atoms. The Labute approximate surface area is 252 Å². The molecule has 1 aliphatic heterocycles. The van der Waals surface area contributed by atoms with Crippen LogP contribution >= 0.6 is 22.0 Å². The van der Waals surface area contributed by atoms with Crippen LogP contribution in [-0.2, 0) is 4.79 Å². The number of benzene rings is 3. The number of rotatable bonds is 6. The summed E-state index contributed by atoms with van der Waals surface area (Å²) >= 11 is 1.09. The summed E-state index contributed by atoms with van der Waals surface area (Å²) in [5.74, 6) is -0.867. The van der Waals surface area contributed by atoms with Gasteiger partial charge in [0.15, 0.2) is 5.17 Å². The van der Waals surface area contributed by atoms with Crippen molar-refractivity contribution in [3.8, 4) is 16.9 Å². The lowest BCUT2D eigenvalue weighted by atomic mass is 9.99. The molecule has 1 N–H and O–H groups in total. The molecule has 1 aromatic heterocycles. The summed E-state index contributed by atoms with van der Waals surface area (Å²) in [5.41, 5.74) is 2.91. The second-order valence-electron chi connectivity index (χ2n) is 10.4. The lowest BCUT2D eigenvalue weighted by Crippen LogP contribution is -2.31. The molecule has 15 heteroatoms. The zero-order valence-electron chi connectivity index (χ0n) is 23.4. The van der Waals surface area contributed by atoms with Crippen LogP contribution in [0, 0.1) is 12.7 Å². The van der Waals surface area contributed by atoms with E-state index in [1.54, 1.807) is 0 Å². The number of halogens is 6. The highest BCUT2D eigenvalue weighted by atomic mass is 32.5. The Morgan fingerprint density at radius 2 is 1.73 bits per heavy atom. The molecule has 0 unspecified atom stereocenters. The van der Waals surface area contributed by atoms with Crippen LogP contribution in [-0.4, -0.2) is 32.4 Å². The number of thioether (sulfide) groups is 1.